The summed E-state index contributed by atoms with van der Waals surface area (Å²) in [5, 5.41) is 24.2. The molecular weight excluding hydrogens is 605 g/mol. The van der Waals surface area contributed by atoms with Gasteiger partial charge in [-0.15, -0.1) is 0 Å². The molecule has 2 saturated heterocycles. The molecular formula is C31H33F3N8O2S. The number of fused-ring (bicyclic) bond motifs is 1. The fraction of sp³-hybridized carbons (Fsp3) is 0.419. The number of aromatic nitrogens is 3. The summed E-state index contributed by atoms with van der Waals surface area (Å²) < 4.78 is 44.4. The first kappa shape index (κ1) is 30.8. The van der Waals surface area contributed by atoms with Crippen LogP contribution in [0.1, 0.15) is 28.8 Å². The van der Waals surface area contributed by atoms with Crippen LogP contribution in [0.15, 0.2) is 36.4 Å². The van der Waals surface area contributed by atoms with Gasteiger partial charge < -0.3 is 19.8 Å². The lowest BCUT2D eigenvalue weighted by molar-refractivity contribution is -0.143. The Balaban J connectivity index is 1.34. The van der Waals surface area contributed by atoms with Gasteiger partial charge in [-0.05, 0) is 25.5 Å². The lowest BCUT2D eigenvalue weighted by Crippen LogP contribution is -2.57. The number of β-amino-alcohol motifs (C(OH)–C–C–N with tert-alkyl or cyclic N) is 1. The number of carbonyl (C=O) groups excluding carboxylic acids is 1. The number of carbonyl (C=O) groups is 1. The Morgan fingerprint density at radius 2 is 1.84 bits per heavy atom. The van der Waals surface area contributed by atoms with Gasteiger partial charge >= 0.3 is 6.18 Å². The van der Waals surface area contributed by atoms with Crippen LogP contribution >= 0.6 is 11.3 Å². The molecule has 2 fully saturated rings. The average molecular weight is 639 g/mol. The van der Waals surface area contributed by atoms with E-state index >= 15 is 0 Å². The van der Waals surface area contributed by atoms with Gasteiger partial charge in [0, 0.05) is 57.6 Å². The van der Waals surface area contributed by atoms with E-state index in [0.29, 0.717) is 84.0 Å². The molecule has 236 valence electrons. The van der Waals surface area contributed by atoms with Gasteiger partial charge in [0.15, 0.2) is 5.13 Å². The number of aliphatic hydroxyl groups is 1. The van der Waals surface area contributed by atoms with Crippen LogP contribution in [-0.2, 0) is 17.4 Å². The summed E-state index contributed by atoms with van der Waals surface area (Å²) in [4.78, 5) is 24.9. The quantitative estimate of drug-likeness (QED) is 0.320. The Hall–Kier alpha value is -4.19. The standard InChI is InChI=1S/C31H33F3N8O2S/c1-4-23-29(38(3)30-36-28(25(15-35)45-30)20-7-5-19(2)6-8-20)24-13-21(14-26(31(32,33)34)42(24)37-23)40-11-9-39(10-12-40)18-27(44)41-16-22(43)17-41/h5-8,13-14,22,43H,4,9-12,16-18H2,1-3H3. The van der Waals surface area contributed by atoms with E-state index in [1.54, 1.807) is 22.9 Å². The van der Waals surface area contributed by atoms with Crippen molar-refractivity contribution in [1.82, 2.24) is 24.4 Å². The van der Waals surface area contributed by atoms with E-state index < -0.39 is 18.0 Å². The summed E-state index contributed by atoms with van der Waals surface area (Å²) in [6.07, 6.45) is -4.75. The molecule has 45 heavy (non-hydrogen) atoms. The number of piperazine rings is 1. The highest BCUT2D eigenvalue weighted by Gasteiger charge is 2.37. The van der Waals surface area contributed by atoms with Crippen LogP contribution in [0.5, 0.6) is 0 Å². The summed E-state index contributed by atoms with van der Waals surface area (Å²) in [5.74, 6) is -0.0548. The maximum Gasteiger partial charge on any atom is 0.433 e. The number of amides is 1. The first-order valence-corrected chi connectivity index (χ1v) is 15.6. The molecule has 2 aliphatic heterocycles. The Morgan fingerprint density at radius 1 is 1.16 bits per heavy atom. The van der Waals surface area contributed by atoms with Crippen LogP contribution in [0.2, 0.25) is 0 Å². The van der Waals surface area contributed by atoms with Crippen LogP contribution in [0.25, 0.3) is 16.8 Å². The van der Waals surface area contributed by atoms with Gasteiger partial charge in [0.25, 0.3) is 0 Å². The van der Waals surface area contributed by atoms with E-state index in [1.807, 2.05) is 47.9 Å². The molecule has 3 aromatic heterocycles. The molecule has 1 amide bonds. The van der Waals surface area contributed by atoms with E-state index in [4.69, 9.17) is 4.98 Å². The maximum atomic E-state index is 14.5. The minimum atomic E-state index is -4.66. The number of anilines is 3. The Morgan fingerprint density at radius 3 is 2.44 bits per heavy atom. The molecule has 0 radical (unpaired) electrons. The van der Waals surface area contributed by atoms with E-state index in [0.717, 1.165) is 21.7 Å². The number of aryl methyl sites for hydroxylation is 2. The van der Waals surface area contributed by atoms with E-state index in [-0.39, 0.29) is 12.5 Å². The van der Waals surface area contributed by atoms with E-state index in [9.17, 15) is 28.3 Å². The molecule has 6 rings (SSSR count). The highest BCUT2D eigenvalue weighted by molar-refractivity contribution is 7.16. The van der Waals surface area contributed by atoms with Gasteiger partial charge in [-0.3, -0.25) is 9.69 Å². The molecule has 0 bridgehead atoms. The smallest absolute Gasteiger partial charge is 0.389 e. The van der Waals surface area contributed by atoms with Crippen LogP contribution in [0.4, 0.5) is 29.7 Å². The molecule has 1 aromatic carbocycles. The topological polar surface area (TPSA) is 104 Å². The number of hydrogen-bond acceptors (Lipinski definition) is 9. The number of nitrogens with zero attached hydrogens (tertiary/aromatic N) is 8. The largest absolute Gasteiger partial charge is 0.433 e. The molecule has 1 N–H and O–H groups in total. The third-order valence-corrected chi connectivity index (χ3v) is 9.40. The van der Waals surface area contributed by atoms with Gasteiger partial charge in [0.2, 0.25) is 5.91 Å². The SMILES string of the molecule is CCc1nn2c(C(F)(F)F)cc(N3CCN(CC(=O)N4CC(O)C4)CC3)cc2c1N(C)c1nc(-c2ccc(C)cc2)c(C#N)s1. The van der Waals surface area contributed by atoms with Crippen molar-refractivity contribution < 1.29 is 23.1 Å². The van der Waals surface area contributed by atoms with Gasteiger partial charge in [-0.25, -0.2) is 9.50 Å². The van der Waals surface area contributed by atoms with Crippen molar-refractivity contribution >= 4 is 39.3 Å². The Labute approximate surface area is 262 Å². The van der Waals surface area contributed by atoms with Gasteiger partial charge in [0.05, 0.1) is 29.5 Å². The first-order chi connectivity index (χ1) is 21.5. The van der Waals surface area contributed by atoms with Crippen LogP contribution < -0.4 is 9.80 Å². The second-order valence-corrected chi connectivity index (χ2v) is 12.4. The van der Waals surface area contributed by atoms with Gasteiger partial charge in [-0.1, -0.05) is 48.1 Å². The zero-order valence-electron chi connectivity index (χ0n) is 25.2. The summed E-state index contributed by atoms with van der Waals surface area (Å²) in [5.41, 5.74) is 3.19. The van der Waals surface area contributed by atoms with E-state index in [1.165, 1.54) is 11.3 Å². The van der Waals surface area contributed by atoms with Crippen molar-refractivity contribution in [2.24, 2.45) is 0 Å². The number of aliphatic hydroxyl groups excluding tert-OH is 1. The number of hydrogen-bond donors (Lipinski definition) is 1. The number of thiazole rings is 1. The summed E-state index contributed by atoms with van der Waals surface area (Å²) in [6.45, 7) is 6.63. The molecule has 5 heterocycles. The molecule has 0 saturated carbocycles. The van der Waals surface area contributed by atoms with Crippen molar-refractivity contribution in [2.75, 3.05) is 62.7 Å². The number of likely N-dealkylation sites (tertiary alicyclic amines) is 1. The van der Waals surface area contributed by atoms with Crippen molar-refractivity contribution in [3.05, 3.63) is 58.2 Å². The lowest BCUT2D eigenvalue weighted by atomic mass is 10.1. The summed E-state index contributed by atoms with van der Waals surface area (Å²) >= 11 is 1.18. The van der Waals surface area contributed by atoms with Crippen molar-refractivity contribution in [3.8, 4) is 17.3 Å². The van der Waals surface area contributed by atoms with Crippen LogP contribution in [-0.4, -0.2) is 94.4 Å². The van der Waals surface area contributed by atoms with Gasteiger partial charge in [0.1, 0.15) is 22.3 Å². The molecule has 0 aliphatic carbocycles. The van der Waals surface area contributed by atoms with Crippen molar-refractivity contribution in [2.45, 2.75) is 32.5 Å². The zero-order chi connectivity index (χ0) is 32.0. The van der Waals surface area contributed by atoms with Crippen molar-refractivity contribution in [3.63, 3.8) is 0 Å². The predicted octanol–water partition coefficient (Wildman–Crippen LogP) is 4.31. The molecule has 14 heteroatoms. The predicted molar refractivity (Wildman–Crippen MR) is 166 cm³/mol. The van der Waals surface area contributed by atoms with Crippen LogP contribution in [0.3, 0.4) is 0 Å². The number of pyridine rings is 1. The van der Waals surface area contributed by atoms with Crippen LogP contribution in [0, 0.1) is 18.3 Å². The minimum absolute atomic E-state index is 0.0548. The maximum absolute atomic E-state index is 14.5. The lowest BCUT2D eigenvalue weighted by Gasteiger charge is -2.40. The highest BCUT2D eigenvalue weighted by atomic mass is 32.1. The Bertz CT molecular complexity index is 1760. The third-order valence-electron chi connectivity index (χ3n) is 8.36. The fourth-order valence-corrected chi connectivity index (χ4v) is 6.65. The number of rotatable bonds is 7. The van der Waals surface area contributed by atoms with Crippen molar-refractivity contribution in [1.29, 1.82) is 5.26 Å². The third kappa shape index (κ3) is 5.95. The molecule has 0 atom stereocenters. The minimum Gasteiger partial charge on any atom is -0.389 e. The monoisotopic (exact) mass is 638 g/mol. The zero-order valence-corrected chi connectivity index (χ0v) is 26.0. The first-order valence-electron chi connectivity index (χ1n) is 14.7. The number of nitriles is 1. The number of halogens is 3. The fourth-order valence-electron chi connectivity index (χ4n) is 5.80. The highest BCUT2D eigenvalue weighted by Crippen LogP contribution is 2.41. The Kier molecular flexibility index (Phi) is 8.19. The second kappa shape index (κ2) is 12.0. The number of benzene rings is 1. The molecule has 2 aliphatic rings. The normalized spacial score (nSPS) is 16.2. The number of alkyl halides is 3. The average Bonchev–Trinajstić information content (AvgIpc) is 3.60. The molecule has 4 aromatic rings. The van der Waals surface area contributed by atoms with E-state index in [2.05, 4.69) is 11.2 Å². The summed E-state index contributed by atoms with van der Waals surface area (Å²) in [6, 6.07) is 12.8. The van der Waals surface area contributed by atoms with Gasteiger partial charge in [-0.2, -0.15) is 23.5 Å². The second-order valence-electron chi connectivity index (χ2n) is 11.5. The molecule has 10 nitrogen and oxygen atoms in total. The summed E-state index contributed by atoms with van der Waals surface area (Å²) in [7, 11) is 1.74. The molecule has 0 unspecified atom stereocenters. The molecule has 0 spiro atoms.